The van der Waals surface area contributed by atoms with Crippen LogP contribution in [0.15, 0.2) is 4.42 Å². The Bertz CT molecular complexity index is 417. The summed E-state index contributed by atoms with van der Waals surface area (Å²) in [5.41, 5.74) is 0.884. The first kappa shape index (κ1) is 14.4. The fraction of sp³-hybridized carbons (Fsp3) is 0.786. The van der Waals surface area contributed by atoms with E-state index in [0.29, 0.717) is 18.7 Å². The van der Waals surface area contributed by atoms with E-state index in [9.17, 15) is 13.2 Å². The number of halogens is 3. The Morgan fingerprint density at radius 3 is 2.37 bits per heavy atom. The third kappa shape index (κ3) is 3.31. The quantitative estimate of drug-likeness (QED) is 0.794. The Morgan fingerprint density at radius 1 is 1.21 bits per heavy atom. The van der Waals surface area contributed by atoms with Crippen molar-refractivity contribution in [2.75, 3.05) is 0 Å². The Labute approximate surface area is 111 Å². The van der Waals surface area contributed by atoms with Crippen molar-refractivity contribution in [3.63, 3.8) is 0 Å². The molecule has 1 heterocycles. The van der Waals surface area contributed by atoms with Crippen LogP contribution in [-0.4, -0.2) is 11.2 Å². The predicted octanol–water partition coefficient (Wildman–Crippen LogP) is 4.77. The average Bonchev–Trinajstić information content (AvgIpc) is 2.71. The maximum atomic E-state index is 12.6. The van der Waals surface area contributed by atoms with E-state index in [1.807, 2.05) is 6.92 Å². The van der Waals surface area contributed by atoms with Gasteiger partial charge in [-0.2, -0.15) is 13.2 Å². The van der Waals surface area contributed by atoms with Crippen molar-refractivity contribution in [3.05, 3.63) is 17.3 Å². The first-order chi connectivity index (χ1) is 8.91. The van der Waals surface area contributed by atoms with Crippen LogP contribution in [0.3, 0.4) is 0 Å². The molecule has 1 aromatic heterocycles. The van der Waals surface area contributed by atoms with Crippen molar-refractivity contribution in [3.8, 4) is 0 Å². The van der Waals surface area contributed by atoms with E-state index < -0.39 is 12.1 Å². The summed E-state index contributed by atoms with van der Waals surface area (Å²) in [5.74, 6) is 0.440. The smallest absolute Gasteiger partial charge is 0.391 e. The van der Waals surface area contributed by atoms with E-state index in [2.05, 4.69) is 11.9 Å². The fourth-order valence-corrected chi connectivity index (χ4v) is 2.75. The van der Waals surface area contributed by atoms with Gasteiger partial charge in [-0.05, 0) is 39.0 Å². The molecule has 0 radical (unpaired) electrons. The van der Waals surface area contributed by atoms with Crippen molar-refractivity contribution >= 4 is 0 Å². The molecule has 0 bridgehead atoms. The predicted molar refractivity (Wildman–Crippen MR) is 66.0 cm³/mol. The minimum atomic E-state index is -4.05. The van der Waals surface area contributed by atoms with Crippen LogP contribution in [0.25, 0.3) is 0 Å². The third-order valence-corrected chi connectivity index (χ3v) is 3.93. The average molecular weight is 275 g/mol. The Kier molecular flexibility index (Phi) is 4.21. The van der Waals surface area contributed by atoms with Crippen LogP contribution in [0.4, 0.5) is 13.2 Å². The van der Waals surface area contributed by atoms with Crippen molar-refractivity contribution in [1.29, 1.82) is 0 Å². The maximum absolute atomic E-state index is 12.6. The summed E-state index contributed by atoms with van der Waals surface area (Å²) in [6.45, 7) is 3.97. The lowest BCUT2D eigenvalue weighted by atomic mass is 9.81. The molecule has 5 heteroatoms. The summed E-state index contributed by atoms with van der Waals surface area (Å²) < 4.78 is 43.5. The first-order valence-corrected chi connectivity index (χ1v) is 6.94. The summed E-state index contributed by atoms with van der Waals surface area (Å²) in [4.78, 5) is 4.39. The second-order valence-electron chi connectivity index (χ2n) is 5.40. The fourth-order valence-electron chi connectivity index (χ4n) is 2.75. The van der Waals surface area contributed by atoms with Gasteiger partial charge in [-0.15, -0.1) is 0 Å². The molecule has 1 aromatic rings. The number of alkyl halides is 3. The molecule has 0 amide bonds. The second-order valence-corrected chi connectivity index (χ2v) is 5.40. The highest BCUT2D eigenvalue weighted by Crippen LogP contribution is 2.42. The highest BCUT2D eigenvalue weighted by atomic mass is 19.4. The van der Waals surface area contributed by atoms with Gasteiger partial charge in [0.05, 0.1) is 11.6 Å². The topological polar surface area (TPSA) is 26.0 Å². The van der Waals surface area contributed by atoms with Crippen molar-refractivity contribution < 1.29 is 17.6 Å². The molecular formula is C14H20F3NO. The Hall–Kier alpha value is -1.00. The molecule has 108 valence electrons. The molecule has 2 nitrogen and oxygen atoms in total. The molecule has 1 aliphatic rings. The summed E-state index contributed by atoms with van der Waals surface area (Å²) in [7, 11) is 0. The molecule has 0 aromatic carbocycles. The van der Waals surface area contributed by atoms with Gasteiger partial charge < -0.3 is 4.42 Å². The van der Waals surface area contributed by atoms with Crippen LogP contribution in [0.2, 0.25) is 0 Å². The number of aromatic nitrogens is 1. The molecule has 0 atom stereocenters. The molecule has 1 saturated carbocycles. The lowest BCUT2D eigenvalue weighted by Crippen LogP contribution is -2.27. The van der Waals surface area contributed by atoms with Crippen LogP contribution in [-0.2, 0) is 6.42 Å². The molecule has 2 rings (SSSR count). The maximum Gasteiger partial charge on any atom is 0.391 e. The van der Waals surface area contributed by atoms with Gasteiger partial charge in [0, 0.05) is 12.3 Å². The molecular weight excluding hydrogens is 255 g/mol. The summed E-state index contributed by atoms with van der Waals surface area (Å²) in [6.07, 6.45) is -0.791. The zero-order chi connectivity index (χ0) is 14.0. The molecule has 0 unspecified atom stereocenters. The minimum absolute atomic E-state index is 0.0582. The lowest BCUT2D eigenvalue weighted by Gasteiger charge is -2.28. The van der Waals surface area contributed by atoms with Crippen LogP contribution in [0, 0.1) is 12.8 Å². The van der Waals surface area contributed by atoms with Crippen molar-refractivity contribution in [2.24, 2.45) is 5.92 Å². The van der Waals surface area contributed by atoms with Gasteiger partial charge >= 0.3 is 6.18 Å². The third-order valence-electron chi connectivity index (χ3n) is 3.93. The van der Waals surface area contributed by atoms with E-state index in [1.165, 1.54) is 0 Å². The molecule has 1 fully saturated rings. The summed E-state index contributed by atoms with van der Waals surface area (Å²) >= 11 is 0. The second kappa shape index (κ2) is 5.55. The van der Waals surface area contributed by atoms with Gasteiger partial charge in [0.15, 0.2) is 5.89 Å². The van der Waals surface area contributed by atoms with E-state index in [-0.39, 0.29) is 18.8 Å². The zero-order valence-electron chi connectivity index (χ0n) is 11.4. The van der Waals surface area contributed by atoms with Crippen LogP contribution in [0.5, 0.6) is 0 Å². The number of hydrogen-bond donors (Lipinski definition) is 0. The first-order valence-electron chi connectivity index (χ1n) is 6.94. The standard InChI is InChI=1S/C14H20F3NO/c1-3-4-12-9(2)18-13(19-12)10-5-7-11(8-6-10)14(15,16)17/h10-11H,3-8H2,1-2H3. The van der Waals surface area contributed by atoms with Gasteiger partial charge in [0.2, 0.25) is 0 Å². The van der Waals surface area contributed by atoms with Gasteiger partial charge in [-0.3, -0.25) is 0 Å². The molecule has 0 aliphatic heterocycles. The lowest BCUT2D eigenvalue weighted by molar-refractivity contribution is -0.182. The van der Waals surface area contributed by atoms with Crippen LogP contribution < -0.4 is 0 Å². The van der Waals surface area contributed by atoms with Crippen LogP contribution in [0.1, 0.15) is 62.3 Å². The zero-order valence-corrected chi connectivity index (χ0v) is 11.4. The van der Waals surface area contributed by atoms with Crippen molar-refractivity contribution in [2.45, 2.75) is 64.5 Å². The van der Waals surface area contributed by atoms with E-state index in [0.717, 1.165) is 24.3 Å². The number of oxazole rings is 1. The largest absolute Gasteiger partial charge is 0.445 e. The summed E-state index contributed by atoms with van der Waals surface area (Å²) in [5, 5.41) is 0. The highest BCUT2D eigenvalue weighted by Gasteiger charge is 2.42. The van der Waals surface area contributed by atoms with Gasteiger partial charge in [-0.25, -0.2) is 4.98 Å². The summed E-state index contributed by atoms with van der Waals surface area (Å²) in [6, 6.07) is 0. The number of rotatable bonds is 3. The molecule has 1 aliphatic carbocycles. The van der Waals surface area contributed by atoms with E-state index in [1.54, 1.807) is 0 Å². The van der Waals surface area contributed by atoms with Gasteiger partial charge in [0.1, 0.15) is 5.76 Å². The minimum Gasteiger partial charge on any atom is -0.445 e. The normalized spacial score (nSPS) is 24.7. The van der Waals surface area contributed by atoms with Crippen LogP contribution >= 0.6 is 0 Å². The SMILES string of the molecule is CCCc1oc(C2CCC(C(F)(F)F)CC2)nc1C. The van der Waals surface area contributed by atoms with Gasteiger partial charge in [-0.1, -0.05) is 6.92 Å². The Morgan fingerprint density at radius 2 is 1.84 bits per heavy atom. The monoisotopic (exact) mass is 275 g/mol. The number of nitrogens with zero attached hydrogens (tertiary/aromatic N) is 1. The van der Waals surface area contributed by atoms with E-state index in [4.69, 9.17) is 4.42 Å². The number of aryl methyl sites for hydroxylation is 2. The molecule has 19 heavy (non-hydrogen) atoms. The Balaban J connectivity index is 2.00. The van der Waals surface area contributed by atoms with E-state index >= 15 is 0 Å². The van der Waals surface area contributed by atoms with Gasteiger partial charge in [0.25, 0.3) is 0 Å². The molecule has 0 spiro atoms. The molecule has 0 saturated heterocycles. The number of hydrogen-bond acceptors (Lipinski definition) is 2. The van der Waals surface area contributed by atoms with Crippen molar-refractivity contribution in [1.82, 2.24) is 4.98 Å². The highest BCUT2D eigenvalue weighted by molar-refractivity contribution is 5.10. The molecule has 0 N–H and O–H groups in total.